The summed E-state index contributed by atoms with van der Waals surface area (Å²) in [5, 5.41) is 0. The van der Waals surface area contributed by atoms with Gasteiger partial charge in [-0.15, -0.1) is 12.4 Å². The number of halogens is 1. The minimum Gasteiger partial charge on any atom is -0.493 e. The average Bonchev–Trinajstić information content (AvgIpc) is 2.84. The van der Waals surface area contributed by atoms with Gasteiger partial charge in [-0.1, -0.05) is 44.2 Å². The third kappa shape index (κ3) is 6.61. The van der Waals surface area contributed by atoms with Crippen LogP contribution in [0.1, 0.15) is 55.7 Å². The van der Waals surface area contributed by atoms with E-state index in [4.69, 9.17) is 9.47 Å². The lowest BCUT2D eigenvalue weighted by molar-refractivity contribution is 0.325. The van der Waals surface area contributed by atoms with Gasteiger partial charge < -0.3 is 14.4 Å². The molecule has 0 atom stereocenters. The Balaban J connectivity index is 0.00000481. The van der Waals surface area contributed by atoms with Crippen LogP contribution >= 0.6 is 12.4 Å². The number of likely N-dealkylation sites (N-methyl/N-ethyl adjacent to an activating group) is 1. The molecule has 0 unspecified atom stereocenters. The van der Waals surface area contributed by atoms with Crippen molar-refractivity contribution < 1.29 is 26.3 Å². The zero-order chi connectivity index (χ0) is 26.6. The van der Waals surface area contributed by atoms with E-state index in [-0.39, 0.29) is 42.7 Å². The van der Waals surface area contributed by atoms with Crippen molar-refractivity contribution in [2.75, 3.05) is 45.9 Å². The van der Waals surface area contributed by atoms with E-state index in [0.29, 0.717) is 30.0 Å². The van der Waals surface area contributed by atoms with E-state index in [1.807, 2.05) is 37.4 Å². The van der Waals surface area contributed by atoms with Crippen molar-refractivity contribution in [2.24, 2.45) is 0 Å². The molecule has 0 N–H and O–H groups in total. The molecule has 1 heterocycles. The van der Waals surface area contributed by atoms with Crippen LogP contribution in [0.2, 0.25) is 0 Å². The summed E-state index contributed by atoms with van der Waals surface area (Å²) in [4.78, 5) is 2.11. The SMILES string of the molecule is COc1ccc(CCN(C)CCCC2(c3ccc(C(C)C)cc3)S(=O)(=O)CCCS2(=O)=O)cc1OC.Cl. The van der Waals surface area contributed by atoms with Gasteiger partial charge in [0.2, 0.25) is 0 Å². The van der Waals surface area contributed by atoms with Gasteiger partial charge >= 0.3 is 0 Å². The Kier molecular flexibility index (Phi) is 10.9. The van der Waals surface area contributed by atoms with Gasteiger partial charge in [0.1, 0.15) is 0 Å². The Hall–Kier alpha value is -1.81. The normalized spacial score (nSPS) is 17.8. The molecule has 3 rings (SSSR count). The lowest BCUT2D eigenvalue weighted by atomic mass is 9.99. The molecule has 2 aromatic rings. The lowest BCUT2D eigenvalue weighted by Gasteiger charge is -2.37. The second-order valence-corrected chi connectivity index (χ2v) is 14.8. The summed E-state index contributed by atoms with van der Waals surface area (Å²) >= 11 is 0. The fourth-order valence-electron chi connectivity index (χ4n) is 4.95. The molecule has 10 heteroatoms. The first-order valence-corrected chi connectivity index (χ1v) is 15.7. The predicted octanol–water partition coefficient (Wildman–Crippen LogP) is 4.59. The van der Waals surface area contributed by atoms with Gasteiger partial charge in [-0.05, 0) is 74.0 Å². The van der Waals surface area contributed by atoms with E-state index in [1.54, 1.807) is 26.4 Å². The third-order valence-electron chi connectivity index (χ3n) is 7.12. The number of methoxy groups -OCH3 is 2. The number of hydrogen-bond donors (Lipinski definition) is 0. The van der Waals surface area contributed by atoms with Crippen molar-refractivity contribution in [3.63, 3.8) is 0 Å². The minimum atomic E-state index is -3.88. The van der Waals surface area contributed by atoms with Crippen molar-refractivity contribution in [1.82, 2.24) is 4.90 Å². The van der Waals surface area contributed by atoms with Gasteiger partial charge in [0.15, 0.2) is 35.3 Å². The van der Waals surface area contributed by atoms with E-state index in [9.17, 15) is 16.8 Å². The smallest absolute Gasteiger partial charge is 0.198 e. The largest absolute Gasteiger partial charge is 0.493 e. The maximum Gasteiger partial charge on any atom is 0.198 e. The van der Waals surface area contributed by atoms with Crippen LogP contribution in [-0.2, 0) is 30.2 Å². The molecule has 1 aliphatic rings. The molecule has 1 saturated heterocycles. The molecule has 208 valence electrons. The highest BCUT2D eigenvalue weighted by Gasteiger charge is 2.57. The molecule has 1 fully saturated rings. The molecular weight excluding hydrogens is 534 g/mol. The summed E-state index contributed by atoms with van der Waals surface area (Å²) in [6.07, 6.45) is 1.43. The Morgan fingerprint density at radius 2 is 1.49 bits per heavy atom. The summed E-state index contributed by atoms with van der Waals surface area (Å²) in [5.74, 6) is 1.42. The molecule has 0 aliphatic carbocycles. The molecule has 37 heavy (non-hydrogen) atoms. The van der Waals surface area contributed by atoms with E-state index in [1.165, 1.54) is 0 Å². The summed E-state index contributed by atoms with van der Waals surface area (Å²) in [7, 11) is -2.59. The molecule has 0 aromatic heterocycles. The summed E-state index contributed by atoms with van der Waals surface area (Å²) in [6, 6.07) is 12.9. The zero-order valence-corrected chi connectivity index (χ0v) is 24.8. The van der Waals surface area contributed by atoms with Crippen molar-refractivity contribution in [3.05, 3.63) is 59.2 Å². The van der Waals surface area contributed by atoms with Crippen molar-refractivity contribution in [1.29, 1.82) is 0 Å². The number of sulfone groups is 2. The van der Waals surface area contributed by atoms with Crippen LogP contribution in [-0.4, -0.2) is 67.6 Å². The van der Waals surface area contributed by atoms with Gasteiger partial charge in [-0.2, -0.15) is 0 Å². The maximum atomic E-state index is 13.4. The maximum absolute atomic E-state index is 13.4. The highest BCUT2D eigenvalue weighted by molar-refractivity contribution is 8.10. The van der Waals surface area contributed by atoms with Crippen LogP contribution in [0.25, 0.3) is 0 Å². The molecule has 7 nitrogen and oxygen atoms in total. The van der Waals surface area contributed by atoms with Crippen LogP contribution in [0.3, 0.4) is 0 Å². The van der Waals surface area contributed by atoms with Gasteiger partial charge in [0.25, 0.3) is 0 Å². The van der Waals surface area contributed by atoms with Crippen molar-refractivity contribution in [3.8, 4) is 11.5 Å². The Bertz CT molecular complexity index is 1210. The molecule has 0 bridgehead atoms. The highest BCUT2D eigenvalue weighted by atomic mass is 35.5. The first kappa shape index (κ1) is 31.4. The minimum absolute atomic E-state index is 0. The van der Waals surface area contributed by atoms with Gasteiger partial charge in [0, 0.05) is 6.54 Å². The quantitative estimate of drug-likeness (QED) is 0.388. The second-order valence-electron chi connectivity index (χ2n) is 9.87. The topological polar surface area (TPSA) is 90.0 Å². The van der Waals surface area contributed by atoms with Gasteiger partial charge in [-0.25, -0.2) is 16.8 Å². The van der Waals surface area contributed by atoms with Crippen LogP contribution in [0.15, 0.2) is 42.5 Å². The number of hydrogen-bond acceptors (Lipinski definition) is 7. The molecule has 1 aliphatic heterocycles. The van der Waals surface area contributed by atoms with Gasteiger partial charge in [0.05, 0.1) is 25.7 Å². The van der Waals surface area contributed by atoms with Crippen molar-refractivity contribution >= 4 is 32.1 Å². The molecule has 0 radical (unpaired) electrons. The summed E-state index contributed by atoms with van der Waals surface area (Å²) < 4.78 is 62.5. The number of benzene rings is 2. The molecular formula is C27H40ClNO6S2. The zero-order valence-electron chi connectivity index (χ0n) is 22.4. The summed E-state index contributed by atoms with van der Waals surface area (Å²) in [6.45, 7) is 5.43. The standard InChI is InChI=1S/C27H39NO6S2.ClH/c1-21(2)23-9-11-24(12-10-23)27(35(29,30)18-7-19-36(27,31)32)15-6-16-28(3)17-14-22-8-13-25(33-4)26(20-22)34-5;/h8-13,20-21H,6-7,14-19H2,1-5H3;1H. The fourth-order valence-corrected chi connectivity index (χ4v) is 10.8. The van der Waals surface area contributed by atoms with E-state index in [2.05, 4.69) is 18.7 Å². The third-order valence-corrected chi connectivity index (χ3v) is 13.2. The highest BCUT2D eigenvalue weighted by Crippen LogP contribution is 2.45. The first-order valence-electron chi connectivity index (χ1n) is 12.4. The Morgan fingerprint density at radius 1 is 0.892 bits per heavy atom. The first-order chi connectivity index (χ1) is 17.0. The average molecular weight is 574 g/mol. The summed E-state index contributed by atoms with van der Waals surface area (Å²) in [5.41, 5.74) is 2.52. The fraction of sp³-hybridized carbons (Fsp3) is 0.556. The van der Waals surface area contributed by atoms with Crippen molar-refractivity contribution in [2.45, 2.75) is 49.5 Å². The predicted molar refractivity (Wildman–Crippen MR) is 152 cm³/mol. The molecule has 0 amide bonds. The molecule has 0 spiro atoms. The van der Waals surface area contributed by atoms with Gasteiger partial charge in [-0.3, -0.25) is 0 Å². The lowest BCUT2D eigenvalue weighted by Crippen LogP contribution is -2.50. The monoisotopic (exact) mass is 573 g/mol. The van der Waals surface area contributed by atoms with Crippen LogP contribution < -0.4 is 9.47 Å². The second kappa shape index (κ2) is 12.8. The number of nitrogens with zero attached hydrogens (tertiary/aromatic N) is 1. The Labute approximate surface area is 228 Å². The number of rotatable bonds is 11. The molecule has 0 saturated carbocycles. The van der Waals surface area contributed by atoms with Crippen LogP contribution in [0, 0.1) is 0 Å². The molecule has 2 aromatic carbocycles. The Morgan fingerprint density at radius 3 is 2.03 bits per heavy atom. The number of ether oxygens (including phenoxy) is 2. The van der Waals surface area contributed by atoms with E-state index >= 15 is 0 Å². The van der Waals surface area contributed by atoms with E-state index in [0.717, 1.165) is 24.1 Å². The van der Waals surface area contributed by atoms with Crippen LogP contribution in [0.4, 0.5) is 0 Å². The van der Waals surface area contributed by atoms with E-state index < -0.39 is 23.8 Å². The van der Waals surface area contributed by atoms with Crippen LogP contribution in [0.5, 0.6) is 11.5 Å².